The first-order chi connectivity index (χ1) is 13.2. The van der Waals surface area contributed by atoms with Gasteiger partial charge in [0.2, 0.25) is 11.8 Å². The average molecular weight is 362 g/mol. The largest absolute Gasteiger partial charge is 0.352 e. The van der Waals surface area contributed by atoms with Crippen LogP contribution in [-0.4, -0.2) is 18.4 Å². The molecule has 4 nitrogen and oxygen atoms in total. The van der Waals surface area contributed by atoms with Gasteiger partial charge in [0.1, 0.15) is 0 Å². The SMILES string of the molecule is O=C(NCc1ccccc1)C1CCC(C(=O)N2CCc3ccccc32)CC1. The van der Waals surface area contributed by atoms with Gasteiger partial charge in [-0.25, -0.2) is 0 Å². The molecular weight excluding hydrogens is 336 g/mol. The smallest absolute Gasteiger partial charge is 0.230 e. The van der Waals surface area contributed by atoms with Crippen molar-refractivity contribution < 1.29 is 9.59 Å². The van der Waals surface area contributed by atoms with Crippen LogP contribution in [0.5, 0.6) is 0 Å². The van der Waals surface area contributed by atoms with E-state index in [1.807, 2.05) is 53.4 Å². The van der Waals surface area contributed by atoms with Crippen molar-refractivity contribution in [2.24, 2.45) is 11.8 Å². The summed E-state index contributed by atoms with van der Waals surface area (Å²) in [4.78, 5) is 27.4. The minimum Gasteiger partial charge on any atom is -0.352 e. The third kappa shape index (κ3) is 3.90. The first-order valence-corrected chi connectivity index (χ1v) is 9.93. The number of hydrogen-bond donors (Lipinski definition) is 1. The predicted octanol–water partition coefficient (Wildman–Crippen LogP) is 3.70. The minimum absolute atomic E-state index is 0.0311. The normalized spacial score (nSPS) is 21.6. The lowest BCUT2D eigenvalue weighted by Crippen LogP contribution is -2.39. The van der Waals surface area contributed by atoms with E-state index in [0.29, 0.717) is 6.54 Å². The lowest BCUT2D eigenvalue weighted by atomic mass is 9.81. The van der Waals surface area contributed by atoms with E-state index >= 15 is 0 Å². The summed E-state index contributed by atoms with van der Waals surface area (Å²) >= 11 is 0. The number of nitrogens with one attached hydrogen (secondary N) is 1. The van der Waals surface area contributed by atoms with E-state index in [-0.39, 0.29) is 23.7 Å². The van der Waals surface area contributed by atoms with Crippen molar-refractivity contribution in [2.75, 3.05) is 11.4 Å². The molecule has 4 heteroatoms. The molecule has 2 aliphatic rings. The summed E-state index contributed by atoms with van der Waals surface area (Å²) in [5.41, 5.74) is 3.45. The number of fused-ring (bicyclic) bond motifs is 1. The summed E-state index contributed by atoms with van der Waals surface area (Å²) in [5, 5.41) is 3.05. The molecule has 1 fully saturated rings. The number of amides is 2. The second-order valence-electron chi connectivity index (χ2n) is 7.62. The summed E-state index contributed by atoms with van der Waals surface area (Å²) in [6, 6.07) is 18.2. The van der Waals surface area contributed by atoms with Crippen LogP contribution in [0.15, 0.2) is 54.6 Å². The molecule has 1 aliphatic carbocycles. The van der Waals surface area contributed by atoms with Crippen molar-refractivity contribution >= 4 is 17.5 Å². The van der Waals surface area contributed by atoms with Crippen molar-refractivity contribution in [1.29, 1.82) is 0 Å². The maximum absolute atomic E-state index is 13.0. The van der Waals surface area contributed by atoms with Crippen molar-refractivity contribution in [3.8, 4) is 0 Å². The summed E-state index contributed by atoms with van der Waals surface area (Å²) in [7, 11) is 0. The van der Waals surface area contributed by atoms with Crippen molar-refractivity contribution in [3.05, 3.63) is 65.7 Å². The zero-order valence-corrected chi connectivity index (χ0v) is 15.6. The van der Waals surface area contributed by atoms with E-state index < -0.39 is 0 Å². The highest BCUT2D eigenvalue weighted by Crippen LogP contribution is 2.34. The van der Waals surface area contributed by atoms with E-state index in [4.69, 9.17) is 0 Å². The first-order valence-electron chi connectivity index (χ1n) is 9.93. The van der Waals surface area contributed by atoms with Gasteiger partial charge in [-0.15, -0.1) is 0 Å². The van der Waals surface area contributed by atoms with Crippen LogP contribution in [0.3, 0.4) is 0 Å². The topological polar surface area (TPSA) is 49.4 Å². The van der Waals surface area contributed by atoms with Crippen molar-refractivity contribution in [3.63, 3.8) is 0 Å². The molecule has 1 saturated carbocycles. The molecule has 2 aromatic rings. The van der Waals surface area contributed by atoms with Gasteiger partial charge in [-0.1, -0.05) is 48.5 Å². The number of carbonyl (C=O) groups excluding carboxylic acids is 2. The van der Waals surface area contributed by atoms with E-state index in [2.05, 4.69) is 11.4 Å². The monoisotopic (exact) mass is 362 g/mol. The van der Waals surface area contributed by atoms with E-state index in [1.165, 1.54) is 5.56 Å². The molecule has 1 heterocycles. The molecule has 0 bridgehead atoms. The molecule has 140 valence electrons. The number of para-hydroxylation sites is 1. The highest BCUT2D eigenvalue weighted by atomic mass is 16.2. The Morgan fingerprint density at radius 2 is 1.56 bits per heavy atom. The predicted molar refractivity (Wildman–Crippen MR) is 106 cm³/mol. The number of anilines is 1. The third-order valence-corrected chi connectivity index (χ3v) is 5.91. The first kappa shape index (κ1) is 17.8. The molecule has 2 aromatic carbocycles. The zero-order valence-electron chi connectivity index (χ0n) is 15.6. The molecule has 0 unspecified atom stereocenters. The Hall–Kier alpha value is -2.62. The highest BCUT2D eigenvalue weighted by Gasteiger charge is 2.34. The van der Waals surface area contributed by atoms with Crippen molar-refractivity contribution in [2.45, 2.75) is 38.6 Å². The van der Waals surface area contributed by atoms with E-state index in [9.17, 15) is 9.59 Å². The minimum atomic E-state index is 0.0311. The highest BCUT2D eigenvalue weighted by molar-refractivity contribution is 5.97. The van der Waals surface area contributed by atoms with Gasteiger partial charge in [-0.3, -0.25) is 9.59 Å². The molecule has 0 spiro atoms. The maximum Gasteiger partial charge on any atom is 0.230 e. The van der Waals surface area contributed by atoms with E-state index in [1.54, 1.807) is 0 Å². The van der Waals surface area contributed by atoms with Crippen LogP contribution in [0, 0.1) is 11.8 Å². The number of nitrogens with zero attached hydrogens (tertiary/aromatic N) is 1. The van der Waals surface area contributed by atoms with Crippen LogP contribution in [0.4, 0.5) is 5.69 Å². The van der Waals surface area contributed by atoms with Crippen LogP contribution < -0.4 is 10.2 Å². The van der Waals surface area contributed by atoms with Gasteiger partial charge in [0.15, 0.2) is 0 Å². The Morgan fingerprint density at radius 3 is 2.33 bits per heavy atom. The van der Waals surface area contributed by atoms with Crippen LogP contribution in [0.25, 0.3) is 0 Å². The molecule has 0 radical (unpaired) electrons. The number of benzene rings is 2. The van der Waals surface area contributed by atoms with Crippen LogP contribution >= 0.6 is 0 Å². The van der Waals surface area contributed by atoms with Crippen LogP contribution in [0.1, 0.15) is 36.8 Å². The van der Waals surface area contributed by atoms with Gasteiger partial charge in [0.25, 0.3) is 0 Å². The molecule has 1 N–H and O–H groups in total. The maximum atomic E-state index is 13.0. The molecule has 0 atom stereocenters. The summed E-state index contributed by atoms with van der Waals surface area (Å²) in [6.45, 7) is 1.36. The molecule has 0 aromatic heterocycles. The second kappa shape index (κ2) is 7.95. The Morgan fingerprint density at radius 1 is 0.889 bits per heavy atom. The van der Waals surface area contributed by atoms with E-state index in [0.717, 1.165) is 49.9 Å². The lowest BCUT2D eigenvalue weighted by molar-refractivity contribution is -0.129. The molecule has 2 amide bonds. The molecule has 1 aliphatic heterocycles. The van der Waals surface area contributed by atoms with Gasteiger partial charge >= 0.3 is 0 Å². The van der Waals surface area contributed by atoms with Gasteiger partial charge < -0.3 is 10.2 Å². The number of carbonyl (C=O) groups is 2. The van der Waals surface area contributed by atoms with Crippen LogP contribution in [0.2, 0.25) is 0 Å². The fourth-order valence-corrected chi connectivity index (χ4v) is 4.32. The standard InChI is InChI=1S/C23H26N2O2/c26-22(24-16-17-6-2-1-3-7-17)19-10-12-20(13-11-19)23(27)25-15-14-18-8-4-5-9-21(18)25/h1-9,19-20H,10-16H2,(H,24,26). The number of rotatable bonds is 4. The lowest BCUT2D eigenvalue weighted by Gasteiger charge is -2.30. The van der Waals surface area contributed by atoms with Crippen LogP contribution in [-0.2, 0) is 22.6 Å². The Kier molecular flexibility index (Phi) is 5.23. The third-order valence-electron chi connectivity index (χ3n) is 5.91. The van der Waals surface area contributed by atoms with Gasteiger partial charge in [0, 0.05) is 30.6 Å². The molecule has 27 heavy (non-hydrogen) atoms. The molecule has 0 saturated heterocycles. The summed E-state index contributed by atoms with van der Waals surface area (Å²) in [6.07, 6.45) is 4.15. The fourth-order valence-electron chi connectivity index (χ4n) is 4.32. The van der Waals surface area contributed by atoms with Gasteiger partial charge in [-0.2, -0.15) is 0 Å². The fraction of sp³-hybridized carbons (Fsp3) is 0.391. The van der Waals surface area contributed by atoms with Gasteiger partial charge in [0.05, 0.1) is 0 Å². The Balaban J connectivity index is 1.29. The van der Waals surface area contributed by atoms with Crippen molar-refractivity contribution in [1.82, 2.24) is 5.32 Å². The second-order valence-corrected chi connectivity index (χ2v) is 7.62. The number of hydrogen-bond acceptors (Lipinski definition) is 2. The van der Waals surface area contributed by atoms with Gasteiger partial charge in [-0.05, 0) is 49.3 Å². The Bertz CT molecular complexity index is 810. The summed E-state index contributed by atoms with van der Waals surface area (Å²) < 4.78 is 0. The zero-order chi connectivity index (χ0) is 18.6. The summed E-state index contributed by atoms with van der Waals surface area (Å²) in [5.74, 6) is 0.442. The molecular formula is C23H26N2O2. The Labute approximate surface area is 160 Å². The quantitative estimate of drug-likeness (QED) is 0.902. The molecule has 4 rings (SSSR count). The average Bonchev–Trinajstić information content (AvgIpc) is 3.16.